The molecule has 130 valence electrons. The maximum absolute atomic E-state index is 12.6. The lowest BCUT2D eigenvalue weighted by Crippen LogP contribution is -2.41. The third kappa shape index (κ3) is 2.92. The van der Waals surface area contributed by atoms with Gasteiger partial charge in [0.2, 0.25) is 5.91 Å². The van der Waals surface area contributed by atoms with Gasteiger partial charge in [-0.15, -0.1) is 0 Å². The molecule has 0 spiro atoms. The predicted octanol–water partition coefficient (Wildman–Crippen LogP) is 1.96. The van der Waals surface area contributed by atoms with Crippen molar-refractivity contribution in [3.8, 4) is 11.5 Å². The molecule has 0 aromatic heterocycles. The van der Waals surface area contributed by atoms with Crippen molar-refractivity contribution in [1.29, 1.82) is 0 Å². The van der Waals surface area contributed by atoms with Crippen LogP contribution in [0, 0.1) is 11.3 Å². The first kappa shape index (κ1) is 16.6. The van der Waals surface area contributed by atoms with Gasteiger partial charge < -0.3 is 19.5 Å². The first-order valence-corrected chi connectivity index (χ1v) is 8.32. The van der Waals surface area contributed by atoms with E-state index in [0.717, 1.165) is 5.56 Å². The minimum atomic E-state index is -0.831. The number of rotatable bonds is 4. The monoisotopic (exact) mass is 333 g/mol. The second-order valence-corrected chi connectivity index (χ2v) is 6.84. The molecule has 3 rings (SSSR count). The summed E-state index contributed by atoms with van der Waals surface area (Å²) < 4.78 is 11.0. The first-order valence-electron chi connectivity index (χ1n) is 8.32. The highest BCUT2D eigenvalue weighted by Gasteiger charge is 2.48. The van der Waals surface area contributed by atoms with Gasteiger partial charge >= 0.3 is 5.97 Å². The summed E-state index contributed by atoms with van der Waals surface area (Å²) in [6.07, 6.45) is 0.747. The SMILES string of the molecule is CC(C)C1(C(=O)O)CCN(C(=O)Cc2ccc3c(c2)OCCO3)C1. The maximum Gasteiger partial charge on any atom is 0.311 e. The smallest absolute Gasteiger partial charge is 0.311 e. The Morgan fingerprint density at radius 1 is 1.25 bits per heavy atom. The molecular formula is C18H23NO5. The Kier molecular flexibility index (Phi) is 4.39. The molecule has 0 radical (unpaired) electrons. The van der Waals surface area contributed by atoms with Crippen molar-refractivity contribution >= 4 is 11.9 Å². The van der Waals surface area contributed by atoms with E-state index in [9.17, 15) is 14.7 Å². The number of ether oxygens (including phenoxy) is 2. The van der Waals surface area contributed by atoms with Crippen molar-refractivity contribution in [2.75, 3.05) is 26.3 Å². The molecule has 2 aliphatic rings. The molecular weight excluding hydrogens is 310 g/mol. The molecule has 2 aliphatic heterocycles. The Labute approximate surface area is 141 Å². The highest BCUT2D eigenvalue weighted by Crippen LogP contribution is 2.38. The number of hydrogen-bond acceptors (Lipinski definition) is 4. The van der Waals surface area contributed by atoms with E-state index in [1.54, 1.807) is 4.90 Å². The Morgan fingerprint density at radius 3 is 2.58 bits per heavy atom. The highest BCUT2D eigenvalue weighted by atomic mass is 16.6. The van der Waals surface area contributed by atoms with Gasteiger partial charge in [-0.3, -0.25) is 9.59 Å². The van der Waals surface area contributed by atoms with E-state index in [-0.39, 0.29) is 24.8 Å². The average molecular weight is 333 g/mol. The van der Waals surface area contributed by atoms with Crippen LogP contribution in [0.25, 0.3) is 0 Å². The quantitative estimate of drug-likeness (QED) is 0.911. The van der Waals surface area contributed by atoms with Gasteiger partial charge in [0, 0.05) is 13.1 Å². The van der Waals surface area contributed by atoms with Crippen LogP contribution in [-0.4, -0.2) is 48.2 Å². The van der Waals surface area contributed by atoms with Gasteiger partial charge in [-0.25, -0.2) is 0 Å². The summed E-state index contributed by atoms with van der Waals surface area (Å²) in [5.41, 5.74) is 0.0178. The van der Waals surface area contributed by atoms with Gasteiger partial charge in [0.1, 0.15) is 13.2 Å². The van der Waals surface area contributed by atoms with E-state index in [2.05, 4.69) is 0 Å². The lowest BCUT2D eigenvalue weighted by atomic mass is 9.76. The molecule has 1 aromatic carbocycles. The van der Waals surface area contributed by atoms with E-state index in [1.807, 2.05) is 32.0 Å². The molecule has 1 unspecified atom stereocenters. The Bertz CT molecular complexity index is 657. The lowest BCUT2D eigenvalue weighted by Gasteiger charge is -2.28. The second-order valence-electron chi connectivity index (χ2n) is 6.84. The number of amides is 1. The number of carbonyl (C=O) groups excluding carboxylic acids is 1. The zero-order valence-corrected chi connectivity index (χ0v) is 14.1. The van der Waals surface area contributed by atoms with Gasteiger partial charge in [-0.2, -0.15) is 0 Å². The Hall–Kier alpha value is -2.24. The van der Waals surface area contributed by atoms with Crippen LogP contribution in [0.4, 0.5) is 0 Å². The molecule has 0 bridgehead atoms. The number of hydrogen-bond donors (Lipinski definition) is 1. The van der Waals surface area contributed by atoms with Crippen LogP contribution in [0.2, 0.25) is 0 Å². The highest BCUT2D eigenvalue weighted by molar-refractivity contribution is 5.82. The van der Waals surface area contributed by atoms with E-state index < -0.39 is 11.4 Å². The minimum Gasteiger partial charge on any atom is -0.486 e. The number of nitrogens with zero attached hydrogens (tertiary/aromatic N) is 1. The molecule has 1 saturated heterocycles. The molecule has 1 fully saturated rings. The summed E-state index contributed by atoms with van der Waals surface area (Å²) in [6, 6.07) is 5.50. The molecule has 1 aromatic rings. The molecule has 1 N–H and O–H groups in total. The fourth-order valence-corrected chi connectivity index (χ4v) is 3.42. The molecule has 0 aliphatic carbocycles. The Balaban J connectivity index is 1.69. The van der Waals surface area contributed by atoms with Gasteiger partial charge in [0.15, 0.2) is 11.5 Å². The van der Waals surface area contributed by atoms with Crippen LogP contribution >= 0.6 is 0 Å². The van der Waals surface area contributed by atoms with Crippen LogP contribution in [0.15, 0.2) is 18.2 Å². The third-order valence-corrected chi connectivity index (χ3v) is 5.15. The second kappa shape index (κ2) is 6.34. The molecule has 2 heterocycles. The summed E-state index contributed by atoms with van der Waals surface area (Å²) in [5.74, 6) is 0.489. The van der Waals surface area contributed by atoms with Crippen LogP contribution in [0.3, 0.4) is 0 Å². The number of carboxylic acid groups (broad SMARTS) is 1. The largest absolute Gasteiger partial charge is 0.486 e. The molecule has 6 nitrogen and oxygen atoms in total. The van der Waals surface area contributed by atoms with Crippen molar-refractivity contribution in [3.63, 3.8) is 0 Å². The van der Waals surface area contributed by atoms with E-state index >= 15 is 0 Å². The van der Waals surface area contributed by atoms with Crippen molar-refractivity contribution < 1.29 is 24.2 Å². The summed E-state index contributed by atoms with van der Waals surface area (Å²) in [5, 5.41) is 9.59. The predicted molar refractivity (Wildman–Crippen MR) is 87.2 cm³/mol. The van der Waals surface area contributed by atoms with Crippen molar-refractivity contribution in [3.05, 3.63) is 23.8 Å². The lowest BCUT2D eigenvalue weighted by molar-refractivity contribution is -0.151. The van der Waals surface area contributed by atoms with Gasteiger partial charge in [-0.1, -0.05) is 19.9 Å². The van der Waals surface area contributed by atoms with Crippen LogP contribution in [0.1, 0.15) is 25.8 Å². The number of carbonyl (C=O) groups is 2. The number of benzene rings is 1. The van der Waals surface area contributed by atoms with Crippen molar-refractivity contribution in [2.45, 2.75) is 26.7 Å². The normalized spacial score (nSPS) is 22.7. The minimum absolute atomic E-state index is 0.0120. The summed E-state index contributed by atoms with van der Waals surface area (Å²) >= 11 is 0. The fourth-order valence-electron chi connectivity index (χ4n) is 3.42. The van der Waals surface area contributed by atoms with Gasteiger partial charge in [0.05, 0.1) is 11.8 Å². The maximum atomic E-state index is 12.6. The van der Waals surface area contributed by atoms with E-state index in [1.165, 1.54) is 0 Å². The average Bonchev–Trinajstić information content (AvgIpc) is 3.02. The Morgan fingerprint density at radius 2 is 1.96 bits per heavy atom. The molecule has 1 amide bonds. The van der Waals surface area contributed by atoms with Crippen LogP contribution in [-0.2, 0) is 16.0 Å². The number of carboxylic acids is 1. The number of likely N-dealkylation sites (tertiary alicyclic amines) is 1. The van der Waals surface area contributed by atoms with Crippen LogP contribution in [0.5, 0.6) is 11.5 Å². The molecule has 1 atom stereocenters. The van der Waals surface area contributed by atoms with Gasteiger partial charge in [-0.05, 0) is 30.0 Å². The number of aliphatic carboxylic acids is 1. The van der Waals surface area contributed by atoms with Gasteiger partial charge in [0.25, 0.3) is 0 Å². The summed E-state index contributed by atoms with van der Waals surface area (Å²) in [6.45, 7) is 5.63. The third-order valence-electron chi connectivity index (χ3n) is 5.15. The van der Waals surface area contributed by atoms with E-state index in [0.29, 0.717) is 37.7 Å². The summed E-state index contributed by atoms with van der Waals surface area (Å²) in [7, 11) is 0. The topological polar surface area (TPSA) is 76.1 Å². The zero-order chi connectivity index (χ0) is 17.3. The standard InChI is InChI=1S/C18H23NO5/c1-12(2)18(17(21)22)5-6-19(11-18)16(20)10-13-3-4-14-15(9-13)24-8-7-23-14/h3-4,9,12H,5-8,10-11H2,1-2H3,(H,21,22). The number of fused-ring (bicyclic) bond motifs is 1. The van der Waals surface area contributed by atoms with E-state index in [4.69, 9.17) is 9.47 Å². The van der Waals surface area contributed by atoms with Crippen molar-refractivity contribution in [2.24, 2.45) is 11.3 Å². The molecule has 0 saturated carbocycles. The van der Waals surface area contributed by atoms with Crippen LogP contribution < -0.4 is 9.47 Å². The molecule has 24 heavy (non-hydrogen) atoms. The summed E-state index contributed by atoms with van der Waals surface area (Å²) in [4.78, 5) is 25.9. The fraction of sp³-hybridized carbons (Fsp3) is 0.556. The zero-order valence-electron chi connectivity index (χ0n) is 14.1. The van der Waals surface area contributed by atoms with Crippen molar-refractivity contribution in [1.82, 2.24) is 4.90 Å². The molecule has 6 heteroatoms. The first-order chi connectivity index (χ1) is 11.4.